The van der Waals surface area contributed by atoms with Gasteiger partial charge in [0.2, 0.25) is 0 Å². The molecule has 0 saturated carbocycles. The Morgan fingerprint density at radius 1 is 0.429 bits per heavy atom. The zero-order valence-corrected chi connectivity index (χ0v) is 21.2. The van der Waals surface area contributed by atoms with Crippen LogP contribution in [0.2, 0.25) is 12.1 Å². The third-order valence-corrected chi connectivity index (χ3v) is 9.84. The minimum absolute atomic E-state index is 0.805. The molecular formula is C25H54O2Si. The second-order valence-corrected chi connectivity index (χ2v) is 12.1. The lowest BCUT2D eigenvalue weighted by molar-refractivity contribution is 0.182. The highest BCUT2D eigenvalue weighted by Gasteiger charge is 2.33. The average molecular weight is 415 g/mol. The average Bonchev–Trinajstić information content (AvgIpc) is 2.70. The van der Waals surface area contributed by atoms with Gasteiger partial charge >= 0.3 is 8.56 Å². The molecule has 0 aromatic carbocycles. The van der Waals surface area contributed by atoms with E-state index in [1.807, 2.05) is 0 Å². The Hall–Kier alpha value is 0.137. The lowest BCUT2D eigenvalue weighted by Gasteiger charge is -2.28. The van der Waals surface area contributed by atoms with Crippen molar-refractivity contribution >= 4 is 8.56 Å². The van der Waals surface area contributed by atoms with Gasteiger partial charge in [-0.3, -0.25) is 0 Å². The van der Waals surface area contributed by atoms with Crippen LogP contribution in [0, 0.1) is 0 Å². The standard InChI is InChI=1S/C25H54O2Si/c1-5-9-10-11-12-13-14-15-16-17-18-19-20-21-22-23-24-25-28(8-4,26-6-2)27-7-3/h5-25H2,1-4H3. The molecule has 3 heteroatoms. The summed E-state index contributed by atoms with van der Waals surface area (Å²) in [6.45, 7) is 10.4. The summed E-state index contributed by atoms with van der Waals surface area (Å²) in [7, 11) is -1.88. The van der Waals surface area contributed by atoms with Crippen molar-refractivity contribution in [2.24, 2.45) is 0 Å². The summed E-state index contributed by atoms with van der Waals surface area (Å²) in [6.07, 6.45) is 24.3. The summed E-state index contributed by atoms with van der Waals surface area (Å²) in [5.74, 6) is 0. The Labute approximate surface area is 179 Å². The minimum atomic E-state index is -1.88. The van der Waals surface area contributed by atoms with Crippen molar-refractivity contribution in [1.82, 2.24) is 0 Å². The summed E-state index contributed by atoms with van der Waals surface area (Å²) >= 11 is 0. The van der Waals surface area contributed by atoms with Crippen molar-refractivity contribution in [2.75, 3.05) is 13.2 Å². The summed E-state index contributed by atoms with van der Waals surface area (Å²) in [5, 5.41) is 0. The Balaban J connectivity index is 3.35. The fourth-order valence-corrected chi connectivity index (χ4v) is 7.19. The van der Waals surface area contributed by atoms with E-state index in [4.69, 9.17) is 8.85 Å². The number of rotatable bonds is 23. The molecule has 0 aromatic rings. The largest absolute Gasteiger partial charge is 0.394 e. The van der Waals surface area contributed by atoms with E-state index in [1.54, 1.807) is 0 Å². The predicted molar refractivity (Wildman–Crippen MR) is 128 cm³/mol. The molecule has 0 radical (unpaired) electrons. The quantitative estimate of drug-likeness (QED) is 0.122. The van der Waals surface area contributed by atoms with E-state index < -0.39 is 8.56 Å². The summed E-state index contributed by atoms with van der Waals surface area (Å²) in [4.78, 5) is 0. The first-order chi connectivity index (χ1) is 13.7. The van der Waals surface area contributed by atoms with Gasteiger partial charge in [-0.1, -0.05) is 123 Å². The second kappa shape index (κ2) is 21.8. The summed E-state index contributed by atoms with van der Waals surface area (Å²) in [5.41, 5.74) is 0. The van der Waals surface area contributed by atoms with Gasteiger partial charge in [0, 0.05) is 13.2 Å². The molecule has 2 nitrogen and oxygen atoms in total. The molecule has 170 valence electrons. The molecule has 0 saturated heterocycles. The molecule has 0 rings (SSSR count). The Morgan fingerprint density at radius 3 is 1.04 bits per heavy atom. The molecule has 0 aliphatic heterocycles. The van der Waals surface area contributed by atoms with E-state index in [9.17, 15) is 0 Å². The Morgan fingerprint density at radius 2 is 0.750 bits per heavy atom. The lowest BCUT2D eigenvalue weighted by Crippen LogP contribution is -2.41. The van der Waals surface area contributed by atoms with Crippen LogP contribution in [0.3, 0.4) is 0 Å². The molecule has 28 heavy (non-hydrogen) atoms. The SMILES string of the molecule is CCCCCCCCCCCCCCCCCCC[Si](CC)(OCC)OCC. The van der Waals surface area contributed by atoms with Gasteiger partial charge in [-0.15, -0.1) is 0 Å². The van der Waals surface area contributed by atoms with Gasteiger partial charge < -0.3 is 8.85 Å². The van der Waals surface area contributed by atoms with E-state index >= 15 is 0 Å². The third-order valence-electron chi connectivity index (χ3n) is 6.01. The maximum atomic E-state index is 6.06. The van der Waals surface area contributed by atoms with Gasteiger partial charge in [-0.2, -0.15) is 0 Å². The first kappa shape index (κ1) is 28.1. The van der Waals surface area contributed by atoms with Crippen LogP contribution in [0.15, 0.2) is 0 Å². The first-order valence-corrected chi connectivity index (χ1v) is 15.3. The fourth-order valence-electron chi connectivity index (χ4n) is 4.21. The Kier molecular flexibility index (Phi) is 21.9. The van der Waals surface area contributed by atoms with Gasteiger partial charge in [-0.05, 0) is 25.9 Å². The van der Waals surface area contributed by atoms with Gasteiger partial charge in [0.15, 0.2) is 0 Å². The van der Waals surface area contributed by atoms with Crippen LogP contribution < -0.4 is 0 Å². The molecule has 0 unspecified atom stereocenters. The van der Waals surface area contributed by atoms with E-state index in [0.717, 1.165) is 19.3 Å². The monoisotopic (exact) mass is 414 g/mol. The molecule has 0 aliphatic rings. The molecule has 0 N–H and O–H groups in total. The molecule has 0 atom stereocenters. The van der Waals surface area contributed by atoms with E-state index in [0.29, 0.717) is 0 Å². The van der Waals surface area contributed by atoms with Crippen molar-refractivity contribution < 1.29 is 8.85 Å². The molecule has 0 fully saturated rings. The van der Waals surface area contributed by atoms with Gasteiger partial charge in [0.1, 0.15) is 0 Å². The van der Waals surface area contributed by atoms with Crippen molar-refractivity contribution in [3.8, 4) is 0 Å². The summed E-state index contributed by atoms with van der Waals surface area (Å²) in [6, 6.07) is 2.28. The molecule has 0 aromatic heterocycles. The summed E-state index contributed by atoms with van der Waals surface area (Å²) < 4.78 is 12.1. The maximum Gasteiger partial charge on any atom is 0.337 e. The zero-order valence-electron chi connectivity index (χ0n) is 20.2. The van der Waals surface area contributed by atoms with Gasteiger partial charge in [0.05, 0.1) is 0 Å². The number of hydrogen-bond donors (Lipinski definition) is 0. The van der Waals surface area contributed by atoms with Crippen molar-refractivity contribution in [2.45, 2.75) is 149 Å². The van der Waals surface area contributed by atoms with Crippen molar-refractivity contribution in [1.29, 1.82) is 0 Å². The molecule has 0 amide bonds. The van der Waals surface area contributed by atoms with Crippen LogP contribution in [-0.4, -0.2) is 21.8 Å². The maximum absolute atomic E-state index is 6.06. The molecule has 0 heterocycles. The molecule has 0 aliphatic carbocycles. The topological polar surface area (TPSA) is 18.5 Å². The van der Waals surface area contributed by atoms with E-state index in [2.05, 4.69) is 27.7 Å². The van der Waals surface area contributed by atoms with Gasteiger partial charge in [0.25, 0.3) is 0 Å². The highest BCUT2D eigenvalue weighted by molar-refractivity contribution is 6.67. The van der Waals surface area contributed by atoms with E-state index in [1.165, 1.54) is 115 Å². The Bertz CT molecular complexity index is 290. The van der Waals surface area contributed by atoms with Crippen LogP contribution in [0.4, 0.5) is 0 Å². The smallest absolute Gasteiger partial charge is 0.337 e. The van der Waals surface area contributed by atoms with Crippen LogP contribution in [0.1, 0.15) is 137 Å². The highest BCUT2D eigenvalue weighted by atomic mass is 28.4. The fraction of sp³-hybridized carbons (Fsp3) is 1.00. The molecular weight excluding hydrogens is 360 g/mol. The van der Waals surface area contributed by atoms with Gasteiger partial charge in [-0.25, -0.2) is 0 Å². The first-order valence-electron chi connectivity index (χ1n) is 13.0. The van der Waals surface area contributed by atoms with Crippen LogP contribution in [-0.2, 0) is 8.85 Å². The normalized spacial score (nSPS) is 12.0. The van der Waals surface area contributed by atoms with E-state index in [-0.39, 0.29) is 0 Å². The minimum Gasteiger partial charge on any atom is -0.394 e. The second-order valence-electron chi connectivity index (χ2n) is 8.54. The predicted octanol–water partition coefficient (Wildman–Crippen LogP) is 9.17. The van der Waals surface area contributed by atoms with Crippen LogP contribution >= 0.6 is 0 Å². The highest BCUT2D eigenvalue weighted by Crippen LogP contribution is 2.23. The lowest BCUT2D eigenvalue weighted by atomic mass is 10.0. The van der Waals surface area contributed by atoms with Crippen molar-refractivity contribution in [3.63, 3.8) is 0 Å². The molecule has 0 bridgehead atoms. The zero-order chi connectivity index (χ0) is 20.8. The number of unbranched alkanes of at least 4 members (excludes halogenated alkanes) is 16. The third kappa shape index (κ3) is 17.0. The van der Waals surface area contributed by atoms with Crippen molar-refractivity contribution in [3.05, 3.63) is 0 Å². The van der Waals surface area contributed by atoms with Crippen LogP contribution in [0.25, 0.3) is 0 Å². The van der Waals surface area contributed by atoms with Crippen LogP contribution in [0.5, 0.6) is 0 Å². The number of hydrogen-bond acceptors (Lipinski definition) is 2. The molecule has 0 spiro atoms.